The molecule has 1 heterocycles. The van der Waals surface area contributed by atoms with Crippen LogP contribution in [0.25, 0.3) is 0 Å². The molecule has 2 aromatic rings. The third kappa shape index (κ3) is 7.94. The third-order valence-electron chi connectivity index (χ3n) is 5.59. The summed E-state index contributed by atoms with van der Waals surface area (Å²) in [6, 6.07) is 11.1. The van der Waals surface area contributed by atoms with Gasteiger partial charge in [-0.15, -0.1) is 0 Å². The second kappa shape index (κ2) is 12.7. The summed E-state index contributed by atoms with van der Waals surface area (Å²) in [6.07, 6.45) is -2.38. The van der Waals surface area contributed by atoms with E-state index in [0.717, 1.165) is 0 Å². The van der Waals surface area contributed by atoms with Gasteiger partial charge in [0.15, 0.2) is 12.2 Å². The number of rotatable bonds is 14. The Bertz CT molecular complexity index is 1010. The second-order valence-corrected chi connectivity index (χ2v) is 8.34. The van der Waals surface area contributed by atoms with Gasteiger partial charge in [0.1, 0.15) is 23.6 Å². The van der Waals surface area contributed by atoms with Gasteiger partial charge in [0.2, 0.25) is 0 Å². The maximum Gasteiger partial charge on any atom is 0.326 e. The zero-order valence-electron chi connectivity index (χ0n) is 20.5. The molecule has 0 bridgehead atoms. The molecule has 0 saturated carbocycles. The lowest BCUT2D eigenvalue weighted by molar-refractivity contribution is -0.142. The van der Waals surface area contributed by atoms with Crippen molar-refractivity contribution in [2.45, 2.75) is 51.0 Å². The highest BCUT2D eigenvalue weighted by Gasteiger charge is 2.51. The molecule has 11 heteroatoms. The zero-order chi connectivity index (χ0) is 26.9. The molecule has 0 unspecified atom stereocenters. The van der Waals surface area contributed by atoms with Gasteiger partial charge in [-0.2, -0.15) is 0 Å². The smallest absolute Gasteiger partial charge is 0.326 e. The SMILES string of the molecule is CCOc1ccc(C[C@H](NC(=O)[C@H]2O[C@@H]2C(=O)N[C@H](Cc2ccc(OCC)cc2)C(=O)O)C(=O)O)cc1. The average molecular weight is 515 g/mol. The minimum atomic E-state index is -1.25. The van der Waals surface area contributed by atoms with Gasteiger partial charge in [0, 0.05) is 12.8 Å². The first-order valence-electron chi connectivity index (χ1n) is 11.9. The molecule has 198 valence electrons. The van der Waals surface area contributed by atoms with Gasteiger partial charge in [-0.25, -0.2) is 9.59 Å². The normalized spacial score (nSPS) is 17.7. The van der Waals surface area contributed by atoms with Crippen molar-refractivity contribution in [2.24, 2.45) is 0 Å². The molecule has 1 saturated heterocycles. The standard InChI is InChI=1S/C26H30N2O9/c1-3-35-17-9-5-15(6-10-17)13-19(25(31)32)27-23(29)21-22(37-21)24(30)28-20(26(33)34)14-16-7-11-18(12-8-16)36-4-2/h5-12,19-22H,3-4,13-14H2,1-2H3,(H,27,29)(H,28,30)(H,31,32)(H,33,34)/t19-,20+,21-,22-/m0/s1. The first-order valence-corrected chi connectivity index (χ1v) is 11.9. The summed E-state index contributed by atoms with van der Waals surface area (Å²) < 4.78 is 15.9. The second-order valence-electron chi connectivity index (χ2n) is 8.34. The van der Waals surface area contributed by atoms with Crippen LogP contribution >= 0.6 is 0 Å². The van der Waals surface area contributed by atoms with Crippen molar-refractivity contribution in [2.75, 3.05) is 13.2 Å². The number of hydrogen-bond acceptors (Lipinski definition) is 7. The molecule has 0 aromatic heterocycles. The number of carbonyl (C=O) groups is 4. The first-order chi connectivity index (χ1) is 17.7. The number of aliphatic carboxylic acids is 2. The molecule has 37 heavy (non-hydrogen) atoms. The number of carboxylic acids is 2. The van der Waals surface area contributed by atoms with Gasteiger partial charge in [0.05, 0.1) is 13.2 Å². The van der Waals surface area contributed by atoms with E-state index in [1.165, 1.54) is 0 Å². The minimum absolute atomic E-state index is 0.0141. The summed E-state index contributed by atoms with van der Waals surface area (Å²) in [4.78, 5) is 48.4. The number of hydrogen-bond donors (Lipinski definition) is 4. The van der Waals surface area contributed by atoms with Gasteiger partial charge in [-0.3, -0.25) is 9.59 Å². The fourth-order valence-corrected chi connectivity index (χ4v) is 3.67. The molecular formula is C26H30N2O9. The summed E-state index contributed by atoms with van der Waals surface area (Å²) in [5.41, 5.74) is 1.33. The average Bonchev–Trinajstić information content (AvgIpc) is 3.67. The quantitative estimate of drug-likeness (QED) is 0.271. The fraction of sp³-hybridized carbons (Fsp3) is 0.385. The highest BCUT2D eigenvalue weighted by atomic mass is 16.6. The van der Waals surface area contributed by atoms with E-state index in [-0.39, 0.29) is 12.8 Å². The number of ether oxygens (including phenoxy) is 3. The van der Waals surface area contributed by atoms with E-state index in [1.54, 1.807) is 48.5 Å². The highest BCUT2D eigenvalue weighted by Crippen LogP contribution is 2.23. The van der Waals surface area contributed by atoms with E-state index >= 15 is 0 Å². The predicted molar refractivity (Wildman–Crippen MR) is 130 cm³/mol. The molecule has 3 rings (SSSR count). The fourth-order valence-electron chi connectivity index (χ4n) is 3.67. The van der Waals surface area contributed by atoms with Crippen molar-refractivity contribution in [1.29, 1.82) is 0 Å². The summed E-state index contributed by atoms with van der Waals surface area (Å²) in [7, 11) is 0. The number of carboxylic acid groups (broad SMARTS) is 2. The van der Waals surface area contributed by atoms with Crippen LogP contribution in [0.15, 0.2) is 48.5 Å². The Morgan fingerprint density at radius 1 is 0.730 bits per heavy atom. The van der Waals surface area contributed by atoms with Gasteiger partial charge >= 0.3 is 11.9 Å². The van der Waals surface area contributed by atoms with Crippen LogP contribution in [0.2, 0.25) is 0 Å². The largest absolute Gasteiger partial charge is 0.494 e. The molecule has 2 aromatic carbocycles. The molecule has 1 aliphatic heterocycles. The van der Waals surface area contributed by atoms with Crippen molar-refractivity contribution in [3.8, 4) is 11.5 Å². The molecular weight excluding hydrogens is 484 g/mol. The maximum absolute atomic E-state index is 12.5. The van der Waals surface area contributed by atoms with E-state index in [1.807, 2.05) is 13.8 Å². The van der Waals surface area contributed by atoms with E-state index in [9.17, 15) is 29.4 Å². The Kier molecular flexibility index (Phi) is 9.45. The molecule has 11 nitrogen and oxygen atoms in total. The first kappa shape index (κ1) is 27.5. The van der Waals surface area contributed by atoms with Crippen LogP contribution in [-0.2, 0) is 36.8 Å². The Labute approximate surface area is 213 Å². The summed E-state index contributed by atoms with van der Waals surface area (Å²) in [5.74, 6) is -2.74. The molecule has 0 radical (unpaired) electrons. The zero-order valence-corrected chi connectivity index (χ0v) is 20.5. The van der Waals surface area contributed by atoms with Crippen molar-refractivity contribution in [3.63, 3.8) is 0 Å². The molecule has 4 atom stereocenters. The molecule has 2 amide bonds. The summed E-state index contributed by atoms with van der Waals surface area (Å²) >= 11 is 0. The molecule has 0 spiro atoms. The van der Waals surface area contributed by atoms with Gasteiger partial charge in [-0.05, 0) is 49.2 Å². The highest BCUT2D eigenvalue weighted by molar-refractivity contribution is 5.97. The van der Waals surface area contributed by atoms with Crippen LogP contribution in [0.3, 0.4) is 0 Å². The van der Waals surface area contributed by atoms with Crippen LogP contribution in [0.4, 0.5) is 0 Å². The monoisotopic (exact) mass is 514 g/mol. The van der Waals surface area contributed by atoms with Crippen LogP contribution in [0.1, 0.15) is 25.0 Å². The Hall–Kier alpha value is -4.12. The Balaban J connectivity index is 1.53. The maximum atomic E-state index is 12.5. The molecule has 1 fully saturated rings. The van der Waals surface area contributed by atoms with Gasteiger partial charge < -0.3 is 35.1 Å². The van der Waals surface area contributed by atoms with Crippen LogP contribution in [0, 0.1) is 0 Å². The lowest BCUT2D eigenvalue weighted by atomic mass is 10.0. The Morgan fingerprint density at radius 3 is 1.38 bits per heavy atom. The number of benzene rings is 2. The molecule has 0 aliphatic carbocycles. The number of carbonyl (C=O) groups excluding carboxylic acids is 2. The Morgan fingerprint density at radius 2 is 1.08 bits per heavy atom. The molecule has 4 N–H and O–H groups in total. The third-order valence-corrected chi connectivity index (χ3v) is 5.59. The minimum Gasteiger partial charge on any atom is -0.494 e. The van der Waals surface area contributed by atoms with Crippen LogP contribution in [-0.4, -0.2) is 71.5 Å². The summed E-state index contributed by atoms with van der Waals surface area (Å²) in [6.45, 7) is 4.69. The lowest BCUT2D eigenvalue weighted by Gasteiger charge is -2.15. The van der Waals surface area contributed by atoms with Gasteiger partial charge in [-0.1, -0.05) is 24.3 Å². The number of amides is 2. The van der Waals surface area contributed by atoms with Gasteiger partial charge in [0.25, 0.3) is 11.8 Å². The topological polar surface area (TPSA) is 164 Å². The molecule has 1 aliphatic rings. The van der Waals surface area contributed by atoms with Crippen LogP contribution < -0.4 is 20.1 Å². The van der Waals surface area contributed by atoms with E-state index in [0.29, 0.717) is 35.8 Å². The van der Waals surface area contributed by atoms with E-state index in [2.05, 4.69) is 10.6 Å². The number of nitrogens with one attached hydrogen (secondary N) is 2. The van der Waals surface area contributed by atoms with Crippen molar-refractivity contribution in [1.82, 2.24) is 10.6 Å². The summed E-state index contributed by atoms with van der Waals surface area (Å²) in [5, 5.41) is 23.8. The lowest BCUT2D eigenvalue weighted by Crippen LogP contribution is -2.47. The van der Waals surface area contributed by atoms with Crippen LogP contribution in [0.5, 0.6) is 11.5 Å². The van der Waals surface area contributed by atoms with Crippen molar-refractivity contribution < 1.29 is 43.6 Å². The van der Waals surface area contributed by atoms with E-state index in [4.69, 9.17) is 14.2 Å². The van der Waals surface area contributed by atoms with Crippen molar-refractivity contribution >= 4 is 23.8 Å². The van der Waals surface area contributed by atoms with E-state index < -0.39 is 48.0 Å². The predicted octanol–water partition coefficient (Wildman–Crippen LogP) is 1.18. The number of epoxide rings is 1. The van der Waals surface area contributed by atoms with Crippen molar-refractivity contribution in [3.05, 3.63) is 59.7 Å².